The van der Waals surface area contributed by atoms with E-state index in [0.717, 1.165) is 18.7 Å². The zero-order valence-corrected chi connectivity index (χ0v) is 15.0. The molecule has 5 heteroatoms. The van der Waals surface area contributed by atoms with Crippen LogP contribution in [0.2, 0.25) is 0 Å². The van der Waals surface area contributed by atoms with Crippen molar-refractivity contribution in [3.63, 3.8) is 0 Å². The zero-order valence-electron chi connectivity index (χ0n) is 15.0. The molecule has 3 fully saturated rings. The van der Waals surface area contributed by atoms with Crippen LogP contribution in [0.1, 0.15) is 36.3 Å². The van der Waals surface area contributed by atoms with Crippen LogP contribution in [0.4, 0.5) is 5.69 Å². The first-order valence-electron chi connectivity index (χ1n) is 9.44. The second kappa shape index (κ2) is 5.96. The number of H-pyrrole nitrogens is 1. The summed E-state index contributed by atoms with van der Waals surface area (Å²) >= 11 is 0. The summed E-state index contributed by atoms with van der Waals surface area (Å²) in [6.07, 6.45) is 3.04. The van der Waals surface area contributed by atoms with Gasteiger partial charge in [0.2, 0.25) is 0 Å². The van der Waals surface area contributed by atoms with E-state index < -0.39 is 0 Å². The Balaban J connectivity index is 1.42. The number of benzene rings is 1. The van der Waals surface area contributed by atoms with Gasteiger partial charge < -0.3 is 19.4 Å². The molecule has 1 aromatic carbocycles. The third kappa shape index (κ3) is 2.49. The van der Waals surface area contributed by atoms with Crippen LogP contribution in [0.25, 0.3) is 0 Å². The van der Waals surface area contributed by atoms with Crippen LogP contribution in [-0.2, 0) is 9.47 Å². The molecule has 5 nitrogen and oxygen atoms in total. The zero-order chi connectivity index (χ0) is 17.7. The van der Waals surface area contributed by atoms with Crippen LogP contribution in [0.15, 0.2) is 47.4 Å². The van der Waals surface area contributed by atoms with E-state index in [0.29, 0.717) is 31.7 Å². The second-order valence-electron chi connectivity index (χ2n) is 7.78. The molecule has 1 N–H and O–H groups in total. The summed E-state index contributed by atoms with van der Waals surface area (Å²) in [5, 5.41) is 0. The highest BCUT2D eigenvalue weighted by Crippen LogP contribution is 2.54. The number of nitrogens with zero attached hydrogens (tertiary/aromatic N) is 1. The molecule has 5 rings (SSSR count). The Morgan fingerprint density at radius 3 is 2.65 bits per heavy atom. The number of aromatic nitrogens is 1. The van der Waals surface area contributed by atoms with E-state index in [9.17, 15) is 4.79 Å². The highest BCUT2D eigenvalue weighted by molar-refractivity contribution is 5.51. The maximum absolute atomic E-state index is 12.6. The van der Waals surface area contributed by atoms with Crippen LogP contribution >= 0.6 is 0 Å². The van der Waals surface area contributed by atoms with Crippen LogP contribution < -0.4 is 10.5 Å². The molecule has 3 unspecified atom stereocenters. The van der Waals surface area contributed by atoms with Crippen molar-refractivity contribution in [1.82, 2.24) is 4.98 Å². The van der Waals surface area contributed by atoms with Gasteiger partial charge in [0, 0.05) is 12.7 Å². The molecule has 0 radical (unpaired) electrons. The van der Waals surface area contributed by atoms with Crippen molar-refractivity contribution < 1.29 is 9.47 Å². The Bertz CT molecular complexity index is 859. The molecule has 1 aliphatic carbocycles. The Hall–Kier alpha value is -2.11. The third-order valence-corrected chi connectivity index (χ3v) is 6.31. The number of anilines is 1. The fourth-order valence-electron chi connectivity index (χ4n) is 4.45. The quantitative estimate of drug-likeness (QED) is 0.923. The minimum atomic E-state index is -0.257. The van der Waals surface area contributed by atoms with Crippen LogP contribution in [0.3, 0.4) is 0 Å². The van der Waals surface area contributed by atoms with Gasteiger partial charge in [-0.15, -0.1) is 0 Å². The molecule has 136 valence electrons. The number of nitrogens with one attached hydrogen (secondary N) is 1. The molecule has 1 spiro atoms. The van der Waals surface area contributed by atoms with Crippen LogP contribution in [-0.4, -0.2) is 43.0 Å². The largest absolute Gasteiger partial charge is 0.375 e. The van der Waals surface area contributed by atoms with Gasteiger partial charge in [-0.05, 0) is 42.4 Å². The van der Waals surface area contributed by atoms with E-state index in [1.54, 1.807) is 0 Å². The monoisotopic (exact) mass is 352 g/mol. The molecule has 1 saturated carbocycles. The predicted octanol–water partition coefficient (Wildman–Crippen LogP) is 2.64. The summed E-state index contributed by atoms with van der Waals surface area (Å²) in [5.41, 5.74) is 3.10. The van der Waals surface area contributed by atoms with Gasteiger partial charge in [-0.3, -0.25) is 4.79 Å². The summed E-state index contributed by atoms with van der Waals surface area (Å²) in [5.74, 6) is 1.05. The van der Waals surface area contributed by atoms with Crippen LogP contribution in [0, 0.1) is 0 Å². The molecule has 2 aliphatic heterocycles. The number of aromatic amines is 1. The van der Waals surface area contributed by atoms with Gasteiger partial charge in [-0.25, -0.2) is 0 Å². The highest BCUT2D eigenvalue weighted by Gasteiger charge is 2.50. The number of morpholine rings is 1. The first-order valence-corrected chi connectivity index (χ1v) is 9.44. The van der Waals surface area contributed by atoms with E-state index in [-0.39, 0.29) is 17.2 Å². The predicted molar refractivity (Wildman–Crippen MR) is 99.9 cm³/mol. The molecule has 3 atom stereocenters. The Kier molecular flexibility index (Phi) is 3.69. The van der Waals surface area contributed by atoms with Gasteiger partial charge in [-0.2, -0.15) is 0 Å². The average Bonchev–Trinajstić information content (AvgIpc) is 3.43. The van der Waals surface area contributed by atoms with E-state index in [1.807, 2.05) is 6.20 Å². The molecule has 0 bridgehead atoms. The van der Waals surface area contributed by atoms with E-state index >= 15 is 0 Å². The molecular weight excluding hydrogens is 328 g/mol. The molecule has 2 saturated heterocycles. The maximum Gasteiger partial charge on any atom is 0.271 e. The lowest BCUT2D eigenvalue weighted by atomic mass is 9.90. The Morgan fingerprint density at radius 2 is 1.92 bits per heavy atom. The first-order chi connectivity index (χ1) is 12.7. The molecule has 2 aromatic rings. The van der Waals surface area contributed by atoms with E-state index in [1.165, 1.54) is 11.1 Å². The van der Waals surface area contributed by atoms with Crippen molar-refractivity contribution in [2.45, 2.75) is 36.8 Å². The molecule has 3 heterocycles. The second-order valence-corrected chi connectivity index (χ2v) is 7.78. The lowest BCUT2D eigenvalue weighted by Gasteiger charge is -2.53. The SMILES string of the molecule is CC1N(c2cc(C3CC3c3ccccc3)c[nH]c2=O)CCOC12COC2. The van der Waals surface area contributed by atoms with Crippen molar-refractivity contribution in [3.05, 3.63) is 64.1 Å². The maximum atomic E-state index is 12.6. The number of hydrogen-bond acceptors (Lipinski definition) is 4. The lowest BCUT2D eigenvalue weighted by Crippen LogP contribution is -2.68. The summed E-state index contributed by atoms with van der Waals surface area (Å²) in [6, 6.07) is 12.9. The average molecular weight is 352 g/mol. The summed E-state index contributed by atoms with van der Waals surface area (Å²) in [4.78, 5) is 17.7. The van der Waals surface area contributed by atoms with Crippen molar-refractivity contribution >= 4 is 5.69 Å². The standard InChI is InChI=1S/C21H24N2O3/c1-14-21(12-25-13-21)26-8-7-23(14)19-9-16(11-22-20(19)24)18-10-17(18)15-5-3-2-4-6-15/h2-6,9,11,14,17-18H,7-8,10,12-13H2,1H3,(H,22,24). The van der Waals surface area contributed by atoms with Gasteiger partial charge in [0.1, 0.15) is 11.3 Å². The summed E-state index contributed by atoms with van der Waals surface area (Å²) in [7, 11) is 0. The summed E-state index contributed by atoms with van der Waals surface area (Å²) < 4.78 is 11.4. The minimum absolute atomic E-state index is 0.0187. The number of hydrogen-bond donors (Lipinski definition) is 1. The van der Waals surface area contributed by atoms with Crippen molar-refractivity contribution in [1.29, 1.82) is 0 Å². The fraction of sp³-hybridized carbons (Fsp3) is 0.476. The minimum Gasteiger partial charge on any atom is -0.375 e. The topological polar surface area (TPSA) is 54.6 Å². The van der Waals surface area contributed by atoms with Crippen molar-refractivity contribution in [2.75, 3.05) is 31.3 Å². The van der Waals surface area contributed by atoms with E-state index in [2.05, 4.69) is 53.2 Å². The van der Waals surface area contributed by atoms with Crippen LogP contribution in [0.5, 0.6) is 0 Å². The molecule has 1 aromatic heterocycles. The Morgan fingerprint density at radius 1 is 1.15 bits per heavy atom. The molecule has 26 heavy (non-hydrogen) atoms. The number of rotatable bonds is 3. The lowest BCUT2D eigenvalue weighted by molar-refractivity contribution is -0.228. The molecular formula is C21H24N2O3. The van der Waals surface area contributed by atoms with Crippen molar-refractivity contribution in [3.8, 4) is 0 Å². The van der Waals surface area contributed by atoms with Crippen molar-refractivity contribution in [2.24, 2.45) is 0 Å². The summed E-state index contributed by atoms with van der Waals surface area (Å²) in [6.45, 7) is 4.73. The van der Waals surface area contributed by atoms with Gasteiger partial charge in [0.25, 0.3) is 5.56 Å². The molecule has 3 aliphatic rings. The first kappa shape index (κ1) is 16.1. The number of pyridine rings is 1. The highest BCUT2D eigenvalue weighted by atomic mass is 16.6. The smallest absolute Gasteiger partial charge is 0.271 e. The Labute approximate surface area is 152 Å². The van der Waals surface area contributed by atoms with Gasteiger partial charge in [-0.1, -0.05) is 30.3 Å². The fourth-order valence-corrected chi connectivity index (χ4v) is 4.45. The molecule has 0 amide bonds. The third-order valence-electron chi connectivity index (χ3n) is 6.31. The number of ether oxygens (including phenoxy) is 2. The van der Waals surface area contributed by atoms with Gasteiger partial charge >= 0.3 is 0 Å². The van der Waals surface area contributed by atoms with Gasteiger partial charge in [0.05, 0.1) is 25.9 Å². The van der Waals surface area contributed by atoms with Gasteiger partial charge in [0.15, 0.2) is 0 Å². The van der Waals surface area contributed by atoms with E-state index in [4.69, 9.17) is 9.47 Å². The normalized spacial score (nSPS) is 29.4.